The number of hydrogen-bond acceptors (Lipinski definition) is 7. The molecule has 0 aromatic carbocycles. The van der Waals surface area contributed by atoms with Crippen LogP contribution in [0.1, 0.15) is 201 Å². The van der Waals surface area contributed by atoms with Gasteiger partial charge in [-0.25, -0.2) is 0 Å². The SMILES string of the molecule is CC/C=C\C/C=C\C/C=C\C/C=C\C/C=C\C/C=C\CCC(=O)NC(COP(=O)([O-])OCC[N+](C)(C)C)C(/C=C/CCCCCCCCCCC)OC(=O)CCCCC/C=C\C/C=C\C/C=C\C/C=C\C/C=C\CC. The topological polar surface area (TPSA) is 114 Å². The number of phosphoric ester groups is 1. The third-order valence-corrected chi connectivity index (χ3v) is 12.7. The Balaban J connectivity index is 5.49. The van der Waals surface area contributed by atoms with Gasteiger partial charge in [0, 0.05) is 12.8 Å². The number of carbonyl (C=O) groups excluding carboxylic acids is 2. The number of hydrogen-bond donors (Lipinski definition) is 1. The normalized spacial score (nSPS) is 14.8. The largest absolute Gasteiger partial charge is 0.756 e. The molecule has 0 heterocycles. The van der Waals surface area contributed by atoms with E-state index in [1.54, 1.807) is 6.08 Å². The van der Waals surface area contributed by atoms with Crippen LogP contribution in [0.3, 0.4) is 0 Å². The van der Waals surface area contributed by atoms with Crippen molar-refractivity contribution in [1.29, 1.82) is 0 Å². The van der Waals surface area contributed by atoms with E-state index in [0.29, 0.717) is 23.9 Å². The molecule has 3 atom stereocenters. The minimum absolute atomic E-state index is 0.0502. The monoisotopic (exact) mass is 1060 g/mol. The predicted molar refractivity (Wildman–Crippen MR) is 320 cm³/mol. The first-order chi connectivity index (χ1) is 36.4. The second-order valence-corrected chi connectivity index (χ2v) is 21.4. The molecule has 75 heavy (non-hydrogen) atoms. The summed E-state index contributed by atoms with van der Waals surface area (Å²) >= 11 is 0. The number of likely N-dealkylation sites (N-methyl/N-ethyl adjacent to an activating group) is 1. The molecule has 424 valence electrons. The molecule has 1 amide bonds. The van der Waals surface area contributed by atoms with E-state index in [2.05, 4.69) is 148 Å². The summed E-state index contributed by atoms with van der Waals surface area (Å²) in [5.74, 6) is -0.692. The molecule has 0 aromatic heterocycles. The molecule has 0 aromatic rings. The average molecular weight is 1060 g/mol. The van der Waals surface area contributed by atoms with Gasteiger partial charge < -0.3 is 28.5 Å². The quantitative estimate of drug-likeness (QED) is 0.0212. The average Bonchev–Trinajstić information content (AvgIpc) is 3.37. The zero-order valence-corrected chi connectivity index (χ0v) is 49.1. The van der Waals surface area contributed by atoms with E-state index in [4.69, 9.17) is 13.8 Å². The van der Waals surface area contributed by atoms with Crippen LogP contribution < -0.4 is 10.2 Å². The van der Waals surface area contributed by atoms with Crippen molar-refractivity contribution in [3.05, 3.63) is 146 Å². The van der Waals surface area contributed by atoms with Crippen LogP contribution in [0.2, 0.25) is 0 Å². The Kier molecular flexibility index (Phi) is 50.4. The van der Waals surface area contributed by atoms with Crippen LogP contribution in [0.15, 0.2) is 146 Å². The highest BCUT2D eigenvalue weighted by atomic mass is 31.2. The van der Waals surface area contributed by atoms with E-state index in [9.17, 15) is 19.0 Å². The number of carbonyl (C=O) groups is 2. The Bertz CT molecular complexity index is 1790. The van der Waals surface area contributed by atoms with Gasteiger partial charge in [-0.2, -0.15) is 0 Å². The number of esters is 1. The first kappa shape index (κ1) is 70.9. The number of nitrogens with one attached hydrogen (secondary N) is 1. The highest BCUT2D eigenvalue weighted by Crippen LogP contribution is 2.38. The van der Waals surface area contributed by atoms with Gasteiger partial charge in [0.25, 0.3) is 7.82 Å². The van der Waals surface area contributed by atoms with Crippen LogP contribution in [-0.4, -0.2) is 69.4 Å². The molecule has 0 radical (unpaired) electrons. The van der Waals surface area contributed by atoms with E-state index in [-0.39, 0.29) is 25.4 Å². The minimum atomic E-state index is -4.73. The number of quaternary nitrogens is 1. The molecular weight excluding hydrogens is 952 g/mol. The van der Waals surface area contributed by atoms with Crippen LogP contribution in [0.4, 0.5) is 0 Å². The van der Waals surface area contributed by atoms with Crippen molar-refractivity contribution in [3.8, 4) is 0 Å². The van der Waals surface area contributed by atoms with E-state index in [0.717, 1.165) is 109 Å². The molecule has 0 saturated heterocycles. The first-order valence-electron chi connectivity index (χ1n) is 29.1. The zero-order valence-electron chi connectivity index (χ0n) is 48.2. The third-order valence-electron chi connectivity index (χ3n) is 11.8. The van der Waals surface area contributed by atoms with Gasteiger partial charge in [0.1, 0.15) is 19.3 Å². The van der Waals surface area contributed by atoms with E-state index in [1.807, 2.05) is 39.4 Å². The maximum absolute atomic E-state index is 13.5. The molecule has 0 saturated carbocycles. The van der Waals surface area contributed by atoms with Gasteiger partial charge in [0.05, 0.1) is 33.8 Å². The molecule has 10 heteroatoms. The predicted octanol–water partition coefficient (Wildman–Crippen LogP) is 17.2. The summed E-state index contributed by atoms with van der Waals surface area (Å²) in [7, 11) is 1.09. The van der Waals surface area contributed by atoms with E-state index >= 15 is 0 Å². The fourth-order valence-electron chi connectivity index (χ4n) is 7.33. The lowest BCUT2D eigenvalue weighted by Gasteiger charge is -2.30. The van der Waals surface area contributed by atoms with E-state index < -0.39 is 32.5 Å². The van der Waals surface area contributed by atoms with Crippen LogP contribution in [-0.2, 0) is 27.9 Å². The maximum atomic E-state index is 13.5. The molecule has 9 nitrogen and oxygen atoms in total. The second-order valence-electron chi connectivity index (χ2n) is 20.0. The molecule has 1 N–H and O–H groups in total. The Hall–Kier alpha value is -4.11. The Morgan fingerprint density at radius 2 is 0.867 bits per heavy atom. The number of amides is 1. The second kappa shape index (κ2) is 53.3. The summed E-state index contributed by atoms with van der Waals surface area (Å²) in [5, 5.41) is 2.96. The molecule has 0 aliphatic rings. The number of ether oxygens (including phenoxy) is 1. The van der Waals surface area contributed by atoms with Crippen molar-refractivity contribution in [2.45, 2.75) is 213 Å². The van der Waals surface area contributed by atoms with E-state index in [1.165, 1.54) is 44.9 Å². The summed E-state index contributed by atoms with van der Waals surface area (Å²) in [4.78, 5) is 39.8. The van der Waals surface area contributed by atoms with Gasteiger partial charge in [-0.1, -0.05) is 218 Å². The molecule has 0 fully saturated rings. The smallest absolute Gasteiger partial charge is 0.306 e. The van der Waals surface area contributed by atoms with Crippen LogP contribution in [0.25, 0.3) is 0 Å². The van der Waals surface area contributed by atoms with Gasteiger partial charge in [0.2, 0.25) is 5.91 Å². The summed E-state index contributed by atoms with van der Waals surface area (Å²) < 4.78 is 30.1. The summed E-state index contributed by atoms with van der Waals surface area (Å²) in [6.45, 7) is 6.49. The fourth-order valence-corrected chi connectivity index (χ4v) is 8.06. The molecule has 0 rings (SSSR count). The molecule has 0 aliphatic heterocycles. The number of allylic oxidation sites excluding steroid dienone is 23. The zero-order chi connectivity index (χ0) is 55.0. The van der Waals surface area contributed by atoms with Crippen molar-refractivity contribution in [2.75, 3.05) is 40.9 Å². The van der Waals surface area contributed by atoms with Crippen LogP contribution in [0.5, 0.6) is 0 Å². The third kappa shape index (κ3) is 54.5. The molecule has 3 unspecified atom stereocenters. The number of nitrogens with zero attached hydrogens (tertiary/aromatic N) is 1. The van der Waals surface area contributed by atoms with Crippen molar-refractivity contribution in [3.63, 3.8) is 0 Å². The number of rotatable bonds is 50. The van der Waals surface area contributed by atoms with Gasteiger partial charge in [-0.05, 0) is 115 Å². The minimum Gasteiger partial charge on any atom is -0.756 e. The highest BCUT2D eigenvalue weighted by Gasteiger charge is 2.27. The van der Waals surface area contributed by atoms with Gasteiger partial charge >= 0.3 is 5.97 Å². The standard InChI is InChI=1S/C65H107N2O7P/c1-7-10-13-16-19-22-25-27-29-31-33-35-37-39-42-45-48-51-54-57-64(68)66-62(61-73-75(70,71)72-60-59-67(4,5)6)63(56-53-50-47-44-41-24-21-18-15-12-9-3)74-65(69)58-55-52-49-46-43-40-38-36-34-32-30-28-26-23-20-17-14-11-8-2/h10-11,13-14,19-20,22-23,27-30,33-36,39-40,42-43,48,51,53,56,62-63H,7-9,12,15-18,21,24-26,31-32,37-38,41,44-47,49-50,52,54-55,57-61H2,1-6H3,(H-,66,68,70,71)/b13-10-,14-11-,22-19-,23-20-,29-27-,30-28-,35-33-,36-34-,42-39-,43-40-,51-48-,56-53+. The highest BCUT2D eigenvalue weighted by molar-refractivity contribution is 7.45. The van der Waals surface area contributed by atoms with Crippen molar-refractivity contribution in [1.82, 2.24) is 5.32 Å². The number of phosphoric acid groups is 1. The van der Waals surface area contributed by atoms with Crippen LogP contribution in [0, 0.1) is 0 Å². The Labute approximate surface area is 459 Å². The summed E-state index contributed by atoms with van der Waals surface area (Å²) in [5.41, 5.74) is 0. The van der Waals surface area contributed by atoms with Crippen molar-refractivity contribution in [2.24, 2.45) is 0 Å². The van der Waals surface area contributed by atoms with Crippen molar-refractivity contribution < 1.29 is 37.3 Å². The molecule has 0 bridgehead atoms. The lowest BCUT2D eigenvalue weighted by Crippen LogP contribution is -2.47. The Morgan fingerprint density at radius 1 is 0.480 bits per heavy atom. The fraction of sp³-hybridized carbons (Fsp3) is 0.600. The van der Waals surface area contributed by atoms with Crippen molar-refractivity contribution >= 4 is 19.7 Å². The lowest BCUT2D eigenvalue weighted by atomic mass is 10.1. The van der Waals surface area contributed by atoms with Gasteiger partial charge in [0.15, 0.2) is 0 Å². The molecule has 0 spiro atoms. The first-order valence-corrected chi connectivity index (χ1v) is 30.6. The summed E-state index contributed by atoms with van der Waals surface area (Å²) in [6.07, 6.45) is 76.9. The lowest BCUT2D eigenvalue weighted by molar-refractivity contribution is -0.870. The summed E-state index contributed by atoms with van der Waals surface area (Å²) in [6, 6.07) is -0.953. The van der Waals surface area contributed by atoms with Gasteiger partial charge in [-0.3, -0.25) is 14.2 Å². The Morgan fingerprint density at radius 3 is 1.31 bits per heavy atom. The molecule has 0 aliphatic carbocycles. The number of unbranched alkanes of at least 4 members (excludes halogenated alkanes) is 12. The maximum Gasteiger partial charge on any atom is 0.306 e. The van der Waals surface area contributed by atoms with Gasteiger partial charge in [-0.15, -0.1) is 0 Å². The van der Waals surface area contributed by atoms with Crippen LogP contribution >= 0.6 is 7.82 Å². The molecular formula is C65H107N2O7P.